The molecule has 2 aliphatic rings. The second-order valence-corrected chi connectivity index (χ2v) is 7.37. The lowest BCUT2D eigenvalue weighted by Crippen LogP contribution is -2.35. The second kappa shape index (κ2) is 6.63. The van der Waals surface area contributed by atoms with Gasteiger partial charge >= 0.3 is 0 Å². The lowest BCUT2D eigenvalue weighted by molar-refractivity contribution is -0.131. The van der Waals surface area contributed by atoms with E-state index in [0.29, 0.717) is 29.7 Å². The number of nitrogens with one attached hydrogen (secondary N) is 1. The fourth-order valence-electron chi connectivity index (χ4n) is 3.67. The highest BCUT2D eigenvalue weighted by Crippen LogP contribution is 2.31. The van der Waals surface area contributed by atoms with Crippen LogP contribution in [0.25, 0.3) is 11.0 Å². The van der Waals surface area contributed by atoms with E-state index < -0.39 is 0 Å². The number of ether oxygens (including phenoxy) is 1. The number of H-pyrrole nitrogens is 1. The normalized spacial score (nSPS) is 19.8. The Balaban J connectivity index is 1.40. The third-order valence-corrected chi connectivity index (χ3v) is 5.30. The number of pyridine rings is 1. The molecular weight excluding hydrogens is 332 g/mol. The molecule has 2 aromatic rings. The van der Waals surface area contributed by atoms with Crippen LogP contribution in [0.1, 0.15) is 29.8 Å². The molecule has 0 spiro atoms. The molecule has 1 saturated carbocycles. The standard InChI is InChI=1S/C19H24N4O3/c1-22(18(24)13-3-4-13)10-12-7-8-23(11-12)19(25)15-9-14-5-6-16(26-2)21-17(14)20-15/h5-6,9,12-13H,3-4,7-8,10-11H2,1-2H3,(H,20,21). The summed E-state index contributed by atoms with van der Waals surface area (Å²) in [6.45, 7) is 2.14. The number of carbonyl (C=O) groups is 2. The largest absolute Gasteiger partial charge is 0.481 e. The van der Waals surface area contributed by atoms with Crippen LogP contribution in [-0.4, -0.2) is 65.4 Å². The van der Waals surface area contributed by atoms with E-state index in [4.69, 9.17) is 4.74 Å². The Bertz CT molecular complexity index is 842. The average Bonchev–Trinajstić information content (AvgIpc) is 3.24. The molecule has 7 nitrogen and oxygen atoms in total. The summed E-state index contributed by atoms with van der Waals surface area (Å²) in [5, 5.41) is 0.889. The number of methoxy groups -OCH3 is 1. The van der Waals surface area contributed by atoms with E-state index in [1.54, 1.807) is 13.2 Å². The Kier molecular flexibility index (Phi) is 4.30. The highest BCUT2D eigenvalue weighted by Gasteiger charge is 2.34. The van der Waals surface area contributed by atoms with Crippen LogP contribution in [0.15, 0.2) is 18.2 Å². The summed E-state index contributed by atoms with van der Waals surface area (Å²) in [7, 11) is 3.44. The maximum absolute atomic E-state index is 12.8. The first-order valence-corrected chi connectivity index (χ1v) is 9.13. The van der Waals surface area contributed by atoms with Crippen LogP contribution in [0.2, 0.25) is 0 Å². The van der Waals surface area contributed by atoms with Crippen molar-refractivity contribution in [1.82, 2.24) is 19.8 Å². The number of hydrogen-bond acceptors (Lipinski definition) is 4. The van der Waals surface area contributed by atoms with Crippen LogP contribution in [0.5, 0.6) is 5.88 Å². The molecule has 1 aliphatic carbocycles. The molecule has 1 saturated heterocycles. The summed E-state index contributed by atoms with van der Waals surface area (Å²) in [5.41, 5.74) is 1.20. The minimum Gasteiger partial charge on any atom is -0.481 e. The Hall–Kier alpha value is -2.57. The quantitative estimate of drug-likeness (QED) is 0.887. The van der Waals surface area contributed by atoms with Gasteiger partial charge < -0.3 is 19.5 Å². The predicted octanol–water partition coefficient (Wildman–Crippen LogP) is 1.90. The van der Waals surface area contributed by atoms with Crippen molar-refractivity contribution in [2.75, 3.05) is 33.8 Å². The fraction of sp³-hybridized carbons (Fsp3) is 0.526. The summed E-state index contributed by atoms with van der Waals surface area (Å²) in [6, 6.07) is 5.50. The number of hydrogen-bond donors (Lipinski definition) is 1. The minimum atomic E-state index is -0.0133. The Morgan fingerprint density at radius 2 is 2.15 bits per heavy atom. The van der Waals surface area contributed by atoms with Crippen molar-refractivity contribution in [3.8, 4) is 5.88 Å². The zero-order valence-electron chi connectivity index (χ0n) is 15.2. The van der Waals surface area contributed by atoms with Crippen molar-refractivity contribution in [3.05, 3.63) is 23.9 Å². The first kappa shape index (κ1) is 16.9. The molecule has 2 fully saturated rings. The van der Waals surface area contributed by atoms with Gasteiger partial charge in [-0.3, -0.25) is 9.59 Å². The van der Waals surface area contributed by atoms with Gasteiger partial charge in [0.25, 0.3) is 5.91 Å². The van der Waals surface area contributed by atoms with Crippen molar-refractivity contribution in [2.45, 2.75) is 19.3 Å². The van der Waals surface area contributed by atoms with Crippen LogP contribution in [0.3, 0.4) is 0 Å². The molecule has 0 aromatic carbocycles. The van der Waals surface area contributed by atoms with Gasteiger partial charge in [-0.05, 0) is 37.3 Å². The van der Waals surface area contributed by atoms with Crippen LogP contribution >= 0.6 is 0 Å². The highest BCUT2D eigenvalue weighted by molar-refractivity contribution is 5.97. The molecule has 2 aromatic heterocycles. The number of likely N-dealkylation sites (tertiary alicyclic amines) is 1. The number of carbonyl (C=O) groups excluding carboxylic acids is 2. The summed E-state index contributed by atoms with van der Waals surface area (Å²) in [5.74, 6) is 1.35. The molecule has 1 atom stereocenters. The van der Waals surface area contributed by atoms with Crippen molar-refractivity contribution >= 4 is 22.8 Å². The van der Waals surface area contributed by atoms with Crippen LogP contribution in [0, 0.1) is 11.8 Å². The highest BCUT2D eigenvalue weighted by atomic mass is 16.5. The molecule has 4 rings (SSSR count). The number of aromatic nitrogens is 2. The molecule has 7 heteroatoms. The van der Waals surface area contributed by atoms with E-state index in [2.05, 4.69) is 9.97 Å². The smallest absolute Gasteiger partial charge is 0.270 e. The third kappa shape index (κ3) is 3.25. The predicted molar refractivity (Wildman–Crippen MR) is 97.0 cm³/mol. The molecule has 1 aliphatic heterocycles. The molecule has 0 radical (unpaired) electrons. The van der Waals surface area contributed by atoms with E-state index in [1.165, 1.54) is 0 Å². The van der Waals surface area contributed by atoms with Crippen LogP contribution in [0.4, 0.5) is 0 Å². The van der Waals surface area contributed by atoms with Gasteiger partial charge in [-0.2, -0.15) is 4.98 Å². The van der Waals surface area contributed by atoms with Gasteiger partial charge in [0.15, 0.2) is 0 Å². The lowest BCUT2D eigenvalue weighted by Gasteiger charge is -2.21. The summed E-state index contributed by atoms with van der Waals surface area (Å²) in [4.78, 5) is 36.0. The van der Waals surface area contributed by atoms with Crippen molar-refractivity contribution in [3.63, 3.8) is 0 Å². The Morgan fingerprint density at radius 1 is 1.35 bits per heavy atom. The zero-order chi connectivity index (χ0) is 18.3. The Labute approximate surface area is 152 Å². The van der Waals surface area contributed by atoms with Gasteiger partial charge in [0.05, 0.1) is 7.11 Å². The van der Waals surface area contributed by atoms with E-state index in [0.717, 1.165) is 37.7 Å². The van der Waals surface area contributed by atoms with E-state index in [1.807, 2.05) is 29.0 Å². The molecule has 1 unspecified atom stereocenters. The SMILES string of the molecule is COc1ccc2cc(C(=O)N3CCC(CN(C)C(=O)C4CC4)C3)[nH]c2n1. The number of fused-ring (bicyclic) bond motifs is 1. The summed E-state index contributed by atoms with van der Waals surface area (Å²) < 4.78 is 5.12. The average molecular weight is 356 g/mol. The van der Waals surface area contributed by atoms with E-state index in [-0.39, 0.29) is 17.7 Å². The first-order chi connectivity index (χ1) is 12.5. The molecule has 2 amide bonds. The summed E-state index contributed by atoms with van der Waals surface area (Å²) >= 11 is 0. The number of rotatable bonds is 5. The lowest BCUT2D eigenvalue weighted by atomic mass is 10.1. The first-order valence-electron chi connectivity index (χ1n) is 9.13. The van der Waals surface area contributed by atoms with Gasteiger partial charge in [-0.15, -0.1) is 0 Å². The maximum atomic E-state index is 12.8. The van der Waals surface area contributed by atoms with Crippen LogP contribution < -0.4 is 4.74 Å². The molecule has 26 heavy (non-hydrogen) atoms. The zero-order valence-corrected chi connectivity index (χ0v) is 15.2. The van der Waals surface area contributed by atoms with Crippen molar-refractivity contribution in [1.29, 1.82) is 0 Å². The van der Waals surface area contributed by atoms with E-state index >= 15 is 0 Å². The van der Waals surface area contributed by atoms with Crippen LogP contribution in [-0.2, 0) is 4.79 Å². The maximum Gasteiger partial charge on any atom is 0.270 e. The number of amides is 2. The van der Waals surface area contributed by atoms with Gasteiger partial charge in [-0.1, -0.05) is 0 Å². The minimum absolute atomic E-state index is 0.0133. The number of nitrogens with zero attached hydrogens (tertiary/aromatic N) is 3. The Morgan fingerprint density at radius 3 is 2.88 bits per heavy atom. The van der Waals surface area contributed by atoms with Gasteiger partial charge in [0.2, 0.25) is 11.8 Å². The summed E-state index contributed by atoms with van der Waals surface area (Å²) in [6.07, 6.45) is 2.98. The fourth-order valence-corrected chi connectivity index (χ4v) is 3.67. The van der Waals surface area contributed by atoms with E-state index in [9.17, 15) is 9.59 Å². The van der Waals surface area contributed by atoms with Gasteiger partial charge in [-0.25, -0.2) is 0 Å². The van der Waals surface area contributed by atoms with Crippen molar-refractivity contribution in [2.24, 2.45) is 11.8 Å². The third-order valence-electron chi connectivity index (χ3n) is 5.30. The van der Waals surface area contributed by atoms with Gasteiger partial charge in [0.1, 0.15) is 11.3 Å². The van der Waals surface area contributed by atoms with Gasteiger partial charge in [0, 0.05) is 44.1 Å². The monoisotopic (exact) mass is 356 g/mol. The molecule has 3 heterocycles. The topological polar surface area (TPSA) is 78.5 Å². The van der Waals surface area contributed by atoms with Crippen molar-refractivity contribution < 1.29 is 14.3 Å². The molecule has 1 N–H and O–H groups in total. The second-order valence-electron chi connectivity index (χ2n) is 7.37. The molecule has 138 valence electrons. The molecule has 0 bridgehead atoms. The number of aromatic amines is 1. The molecular formula is C19H24N4O3.